The van der Waals surface area contributed by atoms with Crippen LogP contribution in [0.2, 0.25) is 0 Å². The van der Waals surface area contributed by atoms with Crippen LogP contribution in [0.5, 0.6) is 5.75 Å². The molecule has 0 spiro atoms. The van der Waals surface area contributed by atoms with Crippen molar-refractivity contribution in [2.75, 3.05) is 19.9 Å². The summed E-state index contributed by atoms with van der Waals surface area (Å²) in [6.07, 6.45) is 5.02. The second-order valence-electron chi connectivity index (χ2n) is 5.63. The summed E-state index contributed by atoms with van der Waals surface area (Å²) >= 11 is 0. The van der Waals surface area contributed by atoms with E-state index in [1.165, 1.54) is 4.31 Å². The van der Waals surface area contributed by atoms with E-state index in [0.717, 1.165) is 17.6 Å². The molecule has 0 saturated carbocycles. The van der Waals surface area contributed by atoms with Crippen LogP contribution in [0.4, 0.5) is 0 Å². The highest BCUT2D eigenvalue weighted by Crippen LogP contribution is 2.19. The molecule has 0 aliphatic carbocycles. The lowest BCUT2D eigenvalue weighted by Crippen LogP contribution is -2.48. The molecule has 6 nitrogen and oxygen atoms in total. The first-order valence-corrected chi connectivity index (χ1v) is 9.23. The number of hydrogen-bond donors (Lipinski definition) is 1. The van der Waals surface area contributed by atoms with Crippen LogP contribution in [0, 0.1) is 0 Å². The van der Waals surface area contributed by atoms with Gasteiger partial charge < -0.3 is 10.1 Å². The van der Waals surface area contributed by atoms with Crippen molar-refractivity contribution in [3.8, 4) is 5.75 Å². The number of ether oxygens (including phenoxy) is 1. The summed E-state index contributed by atoms with van der Waals surface area (Å²) in [6, 6.07) is 6.70. The number of methoxy groups -OCH3 is 1. The topological polar surface area (TPSA) is 75.7 Å². The Morgan fingerprint density at radius 3 is 2.78 bits per heavy atom. The third-order valence-electron chi connectivity index (χ3n) is 3.72. The lowest BCUT2D eigenvalue weighted by Gasteiger charge is -2.23. The van der Waals surface area contributed by atoms with Gasteiger partial charge in [-0.3, -0.25) is 4.79 Å². The molecule has 1 amide bonds. The highest BCUT2D eigenvalue weighted by atomic mass is 32.2. The van der Waals surface area contributed by atoms with E-state index in [0.29, 0.717) is 6.42 Å². The van der Waals surface area contributed by atoms with E-state index in [-0.39, 0.29) is 18.5 Å². The zero-order valence-corrected chi connectivity index (χ0v) is 14.3. The summed E-state index contributed by atoms with van der Waals surface area (Å²) in [5.41, 5.74) is 0.990. The predicted octanol–water partition coefficient (Wildman–Crippen LogP) is 0.942. The maximum Gasteiger partial charge on any atom is 0.242 e. The second-order valence-corrected chi connectivity index (χ2v) is 7.57. The third-order valence-corrected chi connectivity index (χ3v) is 4.94. The molecule has 1 aliphatic rings. The Balaban J connectivity index is 2.01. The Morgan fingerprint density at radius 2 is 2.13 bits per heavy atom. The van der Waals surface area contributed by atoms with E-state index in [9.17, 15) is 13.2 Å². The lowest BCUT2D eigenvalue weighted by atomic mass is 10.1. The number of sulfonamides is 1. The fourth-order valence-electron chi connectivity index (χ4n) is 2.64. The molecule has 0 fully saturated rings. The van der Waals surface area contributed by atoms with Crippen molar-refractivity contribution in [3.05, 3.63) is 42.0 Å². The molecule has 0 saturated heterocycles. The van der Waals surface area contributed by atoms with Crippen LogP contribution >= 0.6 is 0 Å². The van der Waals surface area contributed by atoms with E-state index in [1.807, 2.05) is 31.2 Å². The maximum atomic E-state index is 12.4. The van der Waals surface area contributed by atoms with Crippen molar-refractivity contribution in [2.45, 2.75) is 25.4 Å². The molecule has 1 aromatic carbocycles. The average molecular weight is 338 g/mol. The fourth-order valence-corrected chi connectivity index (χ4v) is 3.58. The average Bonchev–Trinajstić information content (AvgIpc) is 2.97. The van der Waals surface area contributed by atoms with Gasteiger partial charge in [0.25, 0.3) is 0 Å². The molecule has 1 aliphatic heterocycles. The van der Waals surface area contributed by atoms with E-state index >= 15 is 0 Å². The zero-order chi connectivity index (χ0) is 17.0. The number of nitrogens with one attached hydrogen (secondary N) is 1. The van der Waals surface area contributed by atoms with Crippen LogP contribution in [0.3, 0.4) is 0 Å². The summed E-state index contributed by atoms with van der Waals surface area (Å²) in [5.74, 6) is 0.457. The van der Waals surface area contributed by atoms with Gasteiger partial charge in [-0.15, -0.1) is 0 Å². The summed E-state index contributed by atoms with van der Waals surface area (Å²) in [5, 5.41) is 2.87. The zero-order valence-electron chi connectivity index (χ0n) is 13.5. The second kappa shape index (κ2) is 7.14. The third kappa shape index (κ3) is 4.33. The first-order valence-electron chi connectivity index (χ1n) is 7.38. The van der Waals surface area contributed by atoms with E-state index < -0.39 is 16.1 Å². The molecular weight excluding hydrogens is 316 g/mol. The van der Waals surface area contributed by atoms with Gasteiger partial charge in [-0.25, -0.2) is 8.42 Å². The number of carbonyl (C=O) groups excluding carboxylic acids is 1. The van der Waals surface area contributed by atoms with Crippen LogP contribution in [0.25, 0.3) is 0 Å². The highest BCUT2D eigenvalue weighted by Gasteiger charge is 2.33. The van der Waals surface area contributed by atoms with Crippen molar-refractivity contribution >= 4 is 15.9 Å². The van der Waals surface area contributed by atoms with E-state index in [2.05, 4.69) is 5.32 Å². The van der Waals surface area contributed by atoms with Crippen LogP contribution < -0.4 is 10.1 Å². The molecule has 126 valence electrons. The van der Waals surface area contributed by atoms with Crippen molar-refractivity contribution < 1.29 is 17.9 Å². The Hall–Kier alpha value is -1.86. The van der Waals surface area contributed by atoms with Crippen molar-refractivity contribution in [2.24, 2.45) is 0 Å². The monoisotopic (exact) mass is 338 g/mol. The largest absolute Gasteiger partial charge is 0.496 e. The minimum absolute atomic E-state index is 0.144. The Labute approximate surface area is 137 Å². The van der Waals surface area contributed by atoms with E-state index in [1.54, 1.807) is 19.3 Å². The molecule has 2 rings (SSSR count). The molecule has 0 radical (unpaired) electrons. The Morgan fingerprint density at radius 1 is 1.43 bits per heavy atom. The summed E-state index contributed by atoms with van der Waals surface area (Å²) < 4.78 is 29.9. The van der Waals surface area contributed by atoms with Crippen molar-refractivity contribution in [1.29, 1.82) is 0 Å². The molecule has 7 heteroatoms. The van der Waals surface area contributed by atoms with Gasteiger partial charge in [0.15, 0.2) is 0 Å². The fraction of sp³-hybridized carbons (Fsp3) is 0.438. The molecular formula is C16H22N2O4S. The molecule has 23 heavy (non-hydrogen) atoms. The van der Waals surface area contributed by atoms with Gasteiger partial charge in [0.2, 0.25) is 15.9 Å². The first kappa shape index (κ1) is 17.5. The van der Waals surface area contributed by atoms with Gasteiger partial charge in [-0.1, -0.05) is 30.4 Å². The predicted molar refractivity (Wildman–Crippen MR) is 88.8 cm³/mol. The molecule has 0 aromatic heterocycles. The standard InChI is InChI=1S/C16H22N2O4S/c1-12(11-13-7-4-5-9-15(13)22-2)17-16(19)14-8-6-10-18(14)23(3,20)21/h4-9,12,14H,10-11H2,1-3H3,(H,17,19)/t12-,14-/m1/s1. The van der Waals surface area contributed by atoms with Gasteiger partial charge in [-0.2, -0.15) is 4.31 Å². The van der Waals surface area contributed by atoms with Crippen molar-refractivity contribution in [1.82, 2.24) is 9.62 Å². The van der Waals surface area contributed by atoms with Crippen LogP contribution in [-0.4, -0.2) is 50.6 Å². The summed E-state index contributed by atoms with van der Waals surface area (Å²) in [7, 11) is -1.81. The van der Waals surface area contributed by atoms with Gasteiger partial charge in [0, 0.05) is 12.6 Å². The Kier molecular flexibility index (Phi) is 5.43. The molecule has 1 heterocycles. The van der Waals surface area contributed by atoms with E-state index in [4.69, 9.17) is 4.74 Å². The minimum atomic E-state index is -3.41. The number of amides is 1. The first-order chi connectivity index (χ1) is 10.8. The number of hydrogen-bond acceptors (Lipinski definition) is 4. The Bertz CT molecular complexity index is 700. The maximum absolute atomic E-state index is 12.4. The van der Waals surface area contributed by atoms with Gasteiger partial charge in [-0.05, 0) is 25.0 Å². The van der Waals surface area contributed by atoms with Crippen LogP contribution in [0.1, 0.15) is 12.5 Å². The smallest absolute Gasteiger partial charge is 0.242 e. The summed E-state index contributed by atoms with van der Waals surface area (Å²) in [4.78, 5) is 12.4. The minimum Gasteiger partial charge on any atom is -0.496 e. The molecule has 1 N–H and O–H groups in total. The number of nitrogens with zero attached hydrogens (tertiary/aromatic N) is 1. The van der Waals surface area contributed by atoms with Gasteiger partial charge in [0.1, 0.15) is 11.8 Å². The highest BCUT2D eigenvalue weighted by molar-refractivity contribution is 7.88. The molecule has 2 atom stereocenters. The molecule has 0 unspecified atom stereocenters. The molecule has 1 aromatic rings. The SMILES string of the molecule is COc1ccccc1C[C@@H](C)NC(=O)[C@H]1C=CCN1S(C)(=O)=O. The summed E-state index contributed by atoms with van der Waals surface area (Å²) in [6.45, 7) is 2.12. The number of rotatable bonds is 6. The van der Waals surface area contributed by atoms with Crippen LogP contribution in [0.15, 0.2) is 36.4 Å². The van der Waals surface area contributed by atoms with Gasteiger partial charge in [0.05, 0.1) is 13.4 Å². The van der Waals surface area contributed by atoms with Crippen LogP contribution in [-0.2, 0) is 21.2 Å². The lowest BCUT2D eigenvalue weighted by molar-refractivity contribution is -0.123. The normalized spacial score (nSPS) is 19.5. The number of carbonyl (C=O) groups is 1. The molecule has 0 bridgehead atoms. The van der Waals surface area contributed by atoms with Gasteiger partial charge >= 0.3 is 0 Å². The number of benzene rings is 1. The quantitative estimate of drug-likeness (QED) is 0.784. The van der Waals surface area contributed by atoms with Crippen molar-refractivity contribution in [3.63, 3.8) is 0 Å². The number of para-hydroxylation sites is 1.